The Morgan fingerprint density at radius 1 is 1.47 bits per heavy atom. The van der Waals surface area contributed by atoms with Gasteiger partial charge in [-0.05, 0) is 19.1 Å². The maximum atomic E-state index is 9.04. The second-order valence-corrected chi connectivity index (χ2v) is 4.49. The summed E-state index contributed by atoms with van der Waals surface area (Å²) >= 11 is 5.78. The van der Waals surface area contributed by atoms with Gasteiger partial charge in [0.1, 0.15) is 25.6 Å². The molecule has 1 fully saturated rings. The largest absolute Gasteiger partial charge is 0.392 e. The first-order chi connectivity index (χ1) is 9.20. The van der Waals surface area contributed by atoms with E-state index in [0.717, 1.165) is 0 Å². The predicted octanol–water partition coefficient (Wildman–Crippen LogP) is 2.35. The average Bonchev–Trinajstić information content (AvgIpc) is 2.82. The fraction of sp³-hybridized carbons (Fsp3) is 0.385. The molecule has 1 heterocycles. The molecule has 0 saturated carbocycles. The van der Waals surface area contributed by atoms with Crippen LogP contribution in [0.15, 0.2) is 29.4 Å². The van der Waals surface area contributed by atoms with Crippen LogP contribution in [0, 0.1) is 11.3 Å². The molecule has 0 bridgehead atoms. The normalized spacial score (nSPS) is 23.1. The lowest BCUT2D eigenvalue weighted by Gasteiger charge is -2.10. The number of halogens is 1. The van der Waals surface area contributed by atoms with E-state index in [4.69, 9.17) is 31.2 Å². The van der Waals surface area contributed by atoms with E-state index in [1.54, 1.807) is 24.3 Å². The molecule has 1 aromatic rings. The number of oxime groups is 1. The van der Waals surface area contributed by atoms with Gasteiger partial charge in [-0.15, -0.1) is 0 Å². The van der Waals surface area contributed by atoms with Gasteiger partial charge in [0.25, 0.3) is 0 Å². The Labute approximate surface area is 116 Å². The van der Waals surface area contributed by atoms with Gasteiger partial charge in [-0.25, -0.2) is 0 Å². The molecule has 1 aliphatic heterocycles. The topological polar surface area (TPSA) is 63.8 Å². The monoisotopic (exact) mass is 280 g/mol. The van der Waals surface area contributed by atoms with E-state index in [-0.39, 0.29) is 31.3 Å². The van der Waals surface area contributed by atoms with Gasteiger partial charge in [-0.1, -0.05) is 28.9 Å². The lowest BCUT2D eigenvalue weighted by molar-refractivity contribution is 0.00660. The van der Waals surface area contributed by atoms with Gasteiger partial charge >= 0.3 is 0 Å². The predicted molar refractivity (Wildman–Crippen MR) is 69.8 cm³/mol. The van der Waals surface area contributed by atoms with Crippen molar-refractivity contribution in [2.24, 2.45) is 5.16 Å². The van der Waals surface area contributed by atoms with Crippen molar-refractivity contribution >= 4 is 17.3 Å². The number of nitriles is 1. The molecule has 0 aliphatic carbocycles. The second-order valence-electron chi connectivity index (χ2n) is 4.05. The number of hydrogen-bond donors (Lipinski definition) is 0. The fourth-order valence-corrected chi connectivity index (χ4v) is 1.71. The average molecular weight is 281 g/mol. The third-order valence-corrected chi connectivity index (χ3v) is 3.01. The Balaban J connectivity index is 1.96. The van der Waals surface area contributed by atoms with Crippen LogP contribution in [0.25, 0.3) is 0 Å². The minimum absolute atomic E-state index is 0.0312. The highest BCUT2D eigenvalue weighted by Gasteiger charge is 2.25. The number of benzene rings is 1. The van der Waals surface area contributed by atoms with E-state index in [2.05, 4.69) is 5.16 Å². The van der Waals surface area contributed by atoms with Gasteiger partial charge in [0.05, 0.1) is 6.10 Å². The molecule has 1 saturated heterocycles. The number of nitrogens with zero attached hydrogens (tertiary/aromatic N) is 2. The van der Waals surface area contributed by atoms with E-state index in [9.17, 15) is 0 Å². The van der Waals surface area contributed by atoms with E-state index in [1.807, 2.05) is 13.0 Å². The van der Waals surface area contributed by atoms with E-state index < -0.39 is 0 Å². The van der Waals surface area contributed by atoms with Gasteiger partial charge in [-0.2, -0.15) is 5.26 Å². The van der Waals surface area contributed by atoms with Crippen molar-refractivity contribution < 1.29 is 14.3 Å². The van der Waals surface area contributed by atoms with Crippen LogP contribution >= 0.6 is 11.6 Å². The molecule has 2 unspecified atom stereocenters. The molecule has 6 heteroatoms. The third-order valence-electron chi connectivity index (χ3n) is 2.75. The number of hydrogen-bond acceptors (Lipinski definition) is 5. The number of ether oxygens (including phenoxy) is 2. The summed E-state index contributed by atoms with van der Waals surface area (Å²) in [7, 11) is 0. The maximum Gasteiger partial charge on any atom is 0.186 e. The Hall–Kier alpha value is -1.61. The standard InChI is InChI=1S/C13H13ClN2O3/c1-9-13(18-8-17-9)7-19-16-12(6-15)10-2-4-11(14)5-3-10/h2-5,9,13H,7-8H2,1H3/b16-12+. The first-order valence-electron chi connectivity index (χ1n) is 5.80. The Morgan fingerprint density at radius 3 is 2.79 bits per heavy atom. The fourth-order valence-electron chi connectivity index (χ4n) is 1.58. The minimum atomic E-state index is -0.158. The zero-order valence-electron chi connectivity index (χ0n) is 10.4. The summed E-state index contributed by atoms with van der Waals surface area (Å²) in [5, 5.41) is 13.5. The molecule has 1 aliphatic rings. The zero-order chi connectivity index (χ0) is 13.7. The van der Waals surface area contributed by atoms with Gasteiger partial charge < -0.3 is 14.3 Å². The molecule has 0 spiro atoms. The molecule has 2 atom stereocenters. The van der Waals surface area contributed by atoms with E-state index in [0.29, 0.717) is 10.6 Å². The van der Waals surface area contributed by atoms with Gasteiger partial charge in [0.2, 0.25) is 0 Å². The Morgan fingerprint density at radius 2 is 2.21 bits per heavy atom. The molecule has 2 rings (SSSR count). The molecule has 0 amide bonds. The zero-order valence-corrected chi connectivity index (χ0v) is 11.1. The van der Waals surface area contributed by atoms with Crippen molar-refractivity contribution in [3.8, 4) is 6.07 Å². The van der Waals surface area contributed by atoms with Gasteiger partial charge in [-0.3, -0.25) is 0 Å². The Bertz CT molecular complexity index is 496. The second kappa shape index (κ2) is 6.53. The van der Waals surface area contributed by atoms with Crippen LogP contribution in [0.4, 0.5) is 0 Å². The molecule has 0 radical (unpaired) electrons. The summed E-state index contributed by atoms with van der Waals surface area (Å²) < 4.78 is 10.5. The smallest absolute Gasteiger partial charge is 0.186 e. The first kappa shape index (κ1) is 13.8. The van der Waals surface area contributed by atoms with Crippen molar-refractivity contribution in [2.75, 3.05) is 13.4 Å². The van der Waals surface area contributed by atoms with Crippen LogP contribution in [-0.2, 0) is 14.3 Å². The molecule has 5 nitrogen and oxygen atoms in total. The highest BCUT2D eigenvalue weighted by molar-refractivity contribution is 6.30. The third kappa shape index (κ3) is 3.67. The minimum Gasteiger partial charge on any atom is -0.392 e. The van der Waals surface area contributed by atoms with Crippen LogP contribution in [0.5, 0.6) is 0 Å². The van der Waals surface area contributed by atoms with Crippen molar-refractivity contribution in [1.29, 1.82) is 5.26 Å². The number of rotatable bonds is 4. The van der Waals surface area contributed by atoms with Crippen LogP contribution in [0.1, 0.15) is 12.5 Å². The maximum absolute atomic E-state index is 9.04. The van der Waals surface area contributed by atoms with E-state index >= 15 is 0 Å². The summed E-state index contributed by atoms with van der Waals surface area (Å²) in [6.45, 7) is 2.41. The summed E-state index contributed by atoms with van der Waals surface area (Å²) in [5.41, 5.74) is 0.853. The van der Waals surface area contributed by atoms with Crippen molar-refractivity contribution in [1.82, 2.24) is 0 Å². The van der Waals surface area contributed by atoms with Crippen LogP contribution in [0.3, 0.4) is 0 Å². The summed E-state index contributed by atoms with van der Waals surface area (Å²) in [6.07, 6.45) is -0.190. The summed E-state index contributed by atoms with van der Waals surface area (Å²) in [4.78, 5) is 5.15. The molecular formula is C13H13ClN2O3. The lowest BCUT2D eigenvalue weighted by atomic mass is 10.1. The van der Waals surface area contributed by atoms with Gasteiger partial charge in [0, 0.05) is 10.6 Å². The van der Waals surface area contributed by atoms with Crippen molar-refractivity contribution in [3.63, 3.8) is 0 Å². The Kier molecular flexibility index (Phi) is 4.74. The summed E-state index contributed by atoms with van der Waals surface area (Å²) in [6, 6.07) is 8.80. The first-order valence-corrected chi connectivity index (χ1v) is 6.17. The quantitative estimate of drug-likeness (QED) is 0.627. The highest BCUT2D eigenvalue weighted by Crippen LogP contribution is 2.13. The molecule has 100 valence electrons. The molecular weight excluding hydrogens is 268 g/mol. The lowest BCUT2D eigenvalue weighted by Crippen LogP contribution is -2.24. The summed E-state index contributed by atoms with van der Waals surface area (Å²) in [5.74, 6) is 0. The SMILES string of the molecule is CC1OCOC1CO/N=C(\C#N)c1ccc(Cl)cc1. The van der Waals surface area contributed by atoms with Gasteiger partial charge in [0.15, 0.2) is 5.71 Å². The molecule has 19 heavy (non-hydrogen) atoms. The van der Waals surface area contributed by atoms with E-state index in [1.165, 1.54) is 0 Å². The molecule has 0 N–H and O–H groups in total. The van der Waals surface area contributed by atoms with Crippen LogP contribution in [-0.4, -0.2) is 31.3 Å². The van der Waals surface area contributed by atoms with Crippen LogP contribution in [0.2, 0.25) is 5.02 Å². The van der Waals surface area contributed by atoms with Crippen LogP contribution < -0.4 is 0 Å². The van der Waals surface area contributed by atoms with Crippen molar-refractivity contribution in [2.45, 2.75) is 19.1 Å². The van der Waals surface area contributed by atoms with Crippen molar-refractivity contribution in [3.05, 3.63) is 34.9 Å². The molecule has 1 aromatic carbocycles. The highest BCUT2D eigenvalue weighted by atomic mass is 35.5. The molecule has 0 aromatic heterocycles.